The standard InChI is InChI=1S/C21H31N5.HI/c1-5-22-21(25-17(4)19-11-9-8-10-12-19)24-16-18-13-14-20(23-15-18)26(6-2)7-3;/h8-15,17H,5-7,16H2,1-4H3,(H2,22,24,25);1H. The van der Waals surface area contributed by atoms with Crippen LogP contribution in [0.2, 0.25) is 0 Å². The van der Waals surface area contributed by atoms with Crippen LogP contribution in [0.1, 0.15) is 44.9 Å². The zero-order chi connectivity index (χ0) is 18.8. The van der Waals surface area contributed by atoms with E-state index in [0.29, 0.717) is 6.54 Å². The van der Waals surface area contributed by atoms with E-state index in [1.165, 1.54) is 5.56 Å². The second-order valence-corrected chi connectivity index (χ2v) is 6.17. The van der Waals surface area contributed by atoms with Crippen molar-refractivity contribution in [1.29, 1.82) is 0 Å². The summed E-state index contributed by atoms with van der Waals surface area (Å²) in [5.41, 5.74) is 2.34. The van der Waals surface area contributed by atoms with Crippen LogP contribution >= 0.6 is 24.0 Å². The van der Waals surface area contributed by atoms with E-state index in [1.54, 1.807) is 0 Å². The molecule has 2 aromatic rings. The minimum absolute atomic E-state index is 0. The van der Waals surface area contributed by atoms with Crippen LogP contribution in [-0.4, -0.2) is 30.6 Å². The molecule has 0 bridgehead atoms. The lowest BCUT2D eigenvalue weighted by atomic mass is 10.1. The van der Waals surface area contributed by atoms with Crippen molar-refractivity contribution in [2.45, 2.75) is 40.3 Å². The highest BCUT2D eigenvalue weighted by atomic mass is 127. The maximum Gasteiger partial charge on any atom is 0.192 e. The van der Waals surface area contributed by atoms with Crippen molar-refractivity contribution in [2.75, 3.05) is 24.5 Å². The normalized spacial score (nSPS) is 12.1. The second kappa shape index (κ2) is 12.5. The molecule has 1 aromatic carbocycles. The molecule has 0 saturated heterocycles. The van der Waals surface area contributed by atoms with Gasteiger partial charge in [0.2, 0.25) is 0 Å². The SMILES string of the molecule is CCNC(=NCc1ccc(N(CC)CC)nc1)NC(C)c1ccccc1.I. The van der Waals surface area contributed by atoms with E-state index in [1.807, 2.05) is 12.3 Å². The fourth-order valence-electron chi connectivity index (χ4n) is 2.77. The Morgan fingerprint density at radius 3 is 2.33 bits per heavy atom. The Balaban J connectivity index is 0.00000364. The van der Waals surface area contributed by atoms with Crippen molar-refractivity contribution in [3.8, 4) is 0 Å². The summed E-state index contributed by atoms with van der Waals surface area (Å²) in [7, 11) is 0. The monoisotopic (exact) mass is 481 g/mol. The fourth-order valence-corrected chi connectivity index (χ4v) is 2.77. The quantitative estimate of drug-likeness (QED) is 0.334. The predicted molar refractivity (Wildman–Crippen MR) is 126 cm³/mol. The average Bonchev–Trinajstić information content (AvgIpc) is 2.69. The van der Waals surface area contributed by atoms with Gasteiger partial charge in [-0.15, -0.1) is 24.0 Å². The third kappa shape index (κ3) is 7.36. The number of anilines is 1. The third-order valence-corrected chi connectivity index (χ3v) is 4.31. The fraction of sp³-hybridized carbons (Fsp3) is 0.429. The number of benzene rings is 1. The molecule has 0 amide bonds. The van der Waals surface area contributed by atoms with E-state index in [2.05, 4.69) is 84.6 Å². The van der Waals surface area contributed by atoms with Crippen molar-refractivity contribution >= 4 is 35.8 Å². The number of hydrogen-bond donors (Lipinski definition) is 2. The van der Waals surface area contributed by atoms with Crippen LogP contribution in [0.5, 0.6) is 0 Å². The van der Waals surface area contributed by atoms with Crippen LogP contribution in [0, 0.1) is 0 Å². The zero-order valence-electron chi connectivity index (χ0n) is 16.8. The van der Waals surface area contributed by atoms with Gasteiger partial charge in [0.1, 0.15) is 5.82 Å². The molecule has 6 heteroatoms. The molecule has 0 radical (unpaired) electrons. The Hall–Kier alpha value is -1.83. The molecule has 1 heterocycles. The van der Waals surface area contributed by atoms with Crippen molar-refractivity contribution < 1.29 is 0 Å². The summed E-state index contributed by atoms with van der Waals surface area (Å²) in [6, 6.07) is 14.8. The zero-order valence-corrected chi connectivity index (χ0v) is 19.1. The van der Waals surface area contributed by atoms with Crippen LogP contribution in [0.4, 0.5) is 5.82 Å². The molecule has 1 aromatic heterocycles. The highest BCUT2D eigenvalue weighted by Crippen LogP contribution is 2.12. The van der Waals surface area contributed by atoms with Gasteiger partial charge in [-0.25, -0.2) is 9.98 Å². The third-order valence-electron chi connectivity index (χ3n) is 4.31. The molecular weight excluding hydrogens is 449 g/mol. The first-order valence-corrected chi connectivity index (χ1v) is 9.47. The van der Waals surface area contributed by atoms with E-state index >= 15 is 0 Å². The highest BCUT2D eigenvalue weighted by molar-refractivity contribution is 14.0. The lowest BCUT2D eigenvalue weighted by molar-refractivity contribution is 0.686. The number of rotatable bonds is 8. The van der Waals surface area contributed by atoms with Crippen molar-refractivity contribution in [3.63, 3.8) is 0 Å². The van der Waals surface area contributed by atoms with Crippen LogP contribution in [0.15, 0.2) is 53.7 Å². The van der Waals surface area contributed by atoms with Gasteiger partial charge in [-0.2, -0.15) is 0 Å². The summed E-state index contributed by atoms with van der Waals surface area (Å²) < 4.78 is 0. The molecule has 1 atom stereocenters. The smallest absolute Gasteiger partial charge is 0.192 e. The van der Waals surface area contributed by atoms with E-state index in [0.717, 1.165) is 37.0 Å². The molecule has 0 aliphatic heterocycles. The second-order valence-electron chi connectivity index (χ2n) is 6.17. The molecule has 0 aliphatic rings. The van der Waals surface area contributed by atoms with Gasteiger partial charge in [-0.3, -0.25) is 0 Å². The van der Waals surface area contributed by atoms with Gasteiger partial charge < -0.3 is 15.5 Å². The highest BCUT2D eigenvalue weighted by Gasteiger charge is 2.07. The average molecular weight is 481 g/mol. The van der Waals surface area contributed by atoms with Gasteiger partial charge in [-0.05, 0) is 44.9 Å². The molecule has 1 unspecified atom stereocenters. The van der Waals surface area contributed by atoms with Gasteiger partial charge in [-0.1, -0.05) is 36.4 Å². The maximum absolute atomic E-state index is 4.70. The van der Waals surface area contributed by atoms with Crippen LogP contribution in [0.25, 0.3) is 0 Å². The van der Waals surface area contributed by atoms with Gasteiger partial charge in [0, 0.05) is 25.8 Å². The molecule has 0 saturated carbocycles. The number of aliphatic imine (C=N–C) groups is 1. The summed E-state index contributed by atoms with van der Waals surface area (Å²) in [6.07, 6.45) is 1.92. The van der Waals surface area contributed by atoms with E-state index in [-0.39, 0.29) is 30.0 Å². The molecular formula is C21H32IN5. The van der Waals surface area contributed by atoms with Crippen molar-refractivity contribution in [1.82, 2.24) is 15.6 Å². The number of halogens is 1. The maximum atomic E-state index is 4.70. The number of guanidine groups is 1. The molecule has 27 heavy (non-hydrogen) atoms. The minimum atomic E-state index is 0. The summed E-state index contributed by atoms with van der Waals surface area (Å²) in [6.45, 7) is 11.9. The molecule has 0 fully saturated rings. The number of aromatic nitrogens is 1. The summed E-state index contributed by atoms with van der Waals surface area (Å²) >= 11 is 0. The molecule has 148 valence electrons. The predicted octanol–water partition coefficient (Wildman–Crippen LogP) is 4.36. The topological polar surface area (TPSA) is 52.6 Å². The lowest BCUT2D eigenvalue weighted by Gasteiger charge is -2.20. The Kier molecular flexibility index (Phi) is 10.8. The summed E-state index contributed by atoms with van der Waals surface area (Å²) in [4.78, 5) is 11.5. The Labute approximate surface area is 180 Å². The van der Waals surface area contributed by atoms with Gasteiger partial charge in [0.05, 0.1) is 12.6 Å². The van der Waals surface area contributed by atoms with Gasteiger partial charge in [0.15, 0.2) is 5.96 Å². The first-order chi connectivity index (χ1) is 12.7. The first-order valence-electron chi connectivity index (χ1n) is 9.47. The first kappa shape index (κ1) is 23.2. The Morgan fingerprint density at radius 1 is 1.07 bits per heavy atom. The number of nitrogens with zero attached hydrogens (tertiary/aromatic N) is 3. The summed E-state index contributed by atoms with van der Waals surface area (Å²) in [5, 5.41) is 6.77. The van der Waals surface area contributed by atoms with Crippen LogP contribution in [-0.2, 0) is 6.54 Å². The van der Waals surface area contributed by atoms with Crippen LogP contribution < -0.4 is 15.5 Å². The Morgan fingerprint density at radius 2 is 1.78 bits per heavy atom. The van der Waals surface area contributed by atoms with Gasteiger partial charge >= 0.3 is 0 Å². The van der Waals surface area contributed by atoms with Crippen molar-refractivity contribution in [3.05, 3.63) is 59.8 Å². The number of pyridine rings is 1. The molecule has 0 aliphatic carbocycles. The molecule has 2 rings (SSSR count). The minimum Gasteiger partial charge on any atom is -0.357 e. The van der Waals surface area contributed by atoms with E-state index < -0.39 is 0 Å². The van der Waals surface area contributed by atoms with Crippen molar-refractivity contribution in [2.24, 2.45) is 4.99 Å². The van der Waals surface area contributed by atoms with E-state index in [9.17, 15) is 0 Å². The molecule has 5 nitrogen and oxygen atoms in total. The Bertz CT molecular complexity index is 669. The van der Waals surface area contributed by atoms with Gasteiger partial charge in [0.25, 0.3) is 0 Å². The molecule has 2 N–H and O–H groups in total. The number of nitrogens with one attached hydrogen (secondary N) is 2. The molecule has 0 spiro atoms. The largest absolute Gasteiger partial charge is 0.357 e. The summed E-state index contributed by atoms with van der Waals surface area (Å²) in [5.74, 6) is 1.84. The van der Waals surface area contributed by atoms with Crippen LogP contribution in [0.3, 0.4) is 0 Å². The lowest BCUT2D eigenvalue weighted by Crippen LogP contribution is -2.38. The number of hydrogen-bond acceptors (Lipinski definition) is 3. The van der Waals surface area contributed by atoms with E-state index in [4.69, 9.17) is 4.99 Å².